The summed E-state index contributed by atoms with van der Waals surface area (Å²) in [6, 6.07) is 19.6. The minimum absolute atomic E-state index is 0.210. The number of pyridine rings is 1. The predicted octanol–water partition coefficient (Wildman–Crippen LogP) is 4.56. The number of amides is 1. The van der Waals surface area contributed by atoms with Crippen LogP contribution >= 0.6 is 0 Å². The first-order valence-corrected chi connectivity index (χ1v) is 8.24. The fourth-order valence-electron chi connectivity index (χ4n) is 2.45. The number of rotatable bonds is 5. The molecule has 0 unspecified atom stereocenters. The summed E-state index contributed by atoms with van der Waals surface area (Å²) >= 11 is 0. The predicted molar refractivity (Wildman–Crippen MR) is 102 cm³/mol. The third-order valence-corrected chi connectivity index (χ3v) is 4.10. The average molecular weight is 331 g/mol. The largest absolute Gasteiger partial charge is 0.380 e. The third kappa shape index (κ3) is 4.44. The summed E-state index contributed by atoms with van der Waals surface area (Å²) < 4.78 is 0. The fourth-order valence-corrected chi connectivity index (χ4v) is 2.45. The SMILES string of the molecule is Cc1ccc(NC(=O)c2ccc(NCc3ccccc3)cn2)cc1C. The van der Waals surface area contributed by atoms with Gasteiger partial charge in [-0.05, 0) is 54.8 Å². The molecule has 0 aliphatic rings. The van der Waals surface area contributed by atoms with Gasteiger partial charge >= 0.3 is 0 Å². The Balaban J connectivity index is 1.61. The Kier molecular flexibility index (Phi) is 5.09. The second-order valence-corrected chi connectivity index (χ2v) is 6.02. The van der Waals surface area contributed by atoms with Crippen LogP contribution in [0.5, 0.6) is 0 Å². The zero-order valence-corrected chi connectivity index (χ0v) is 14.4. The number of aryl methyl sites for hydroxylation is 2. The van der Waals surface area contributed by atoms with E-state index in [-0.39, 0.29) is 5.91 Å². The Morgan fingerprint density at radius 3 is 2.36 bits per heavy atom. The molecule has 126 valence electrons. The molecule has 25 heavy (non-hydrogen) atoms. The molecule has 0 spiro atoms. The normalized spacial score (nSPS) is 10.3. The molecule has 4 heteroatoms. The van der Waals surface area contributed by atoms with E-state index < -0.39 is 0 Å². The van der Waals surface area contributed by atoms with E-state index in [2.05, 4.69) is 27.8 Å². The van der Waals surface area contributed by atoms with Gasteiger partial charge in [-0.15, -0.1) is 0 Å². The average Bonchev–Trinajstić information content (AvgIpc) is 2.64. The number of benzene rings is 2. The highest BCUT2D eigenvalue weighted by Gasteiger charge is 2.08. The number of carbonyl (C=O) groups excluding carboxylic acids is 1. The van der Waals surface area contributed by atoms with Crippen LogP contribution in [0.2, 0.25) is 0 Å². The van der Waals surface area contributed by atoms with Crippen LogP contribution in [0.1, 0.15) is 27.2 Å². The molecule has 3 aromatic rings. The van der Waals surface area contributed by atoms with Gasteiger partial charge in [-0.2, -0.15) is 0 Å². The number of nitrogens with one attached hydrogen (secondary N) is 2. The minimum atomic E-state index is -0.210. The Bertz CT molecular complexity index is 858. The summed E-state index contributed by atoms with van der Waals surface area (Å²) in [6.45, 7) is 4.79. The molecule has 4 nitrogen and oxygen atoms in total. The molecule has 0 bridgehead atoms. The van der Waals surface area contributed by atoms with Crippen molar-refractivity contribution in [2.45, 2.75) is 20.4 Å². The molecule has 1 aromatic heterocycles. The van der Waals surface area contributed by atoms with Gasteiger partial charge in [0.05, 0.1) is 11.9 Å². The Morgan fingerprint density at radius 2 is 1.68 bits per heavy atom. The summed E-state index contributed by atoms with van der Waals surface area (Å²) in [6.07, 6.45) is 1.68. The van der Waals surface area contributed by atoms with E-state index in [4.69, 9.17) is 0 Å². The highest BCUT2D eigenvalue weighted by atomic mass is 16.1. The highest BCUT2D eigenvalue weighted by Crippen LogP contribution is 2.15. The van der Waals surface area contributed by atoms with E-state index in [0.29, 0.717) is 5.69 Å². The van der Waals surface area contributed by atoms with Crippen molar-refractivity contribution in [2.24, 2.45) is 0 Å². The molecule has 0 atom stereocenters. The zero-order valence-electron chi connectivity index (χ0n) is 14.4. The molecule has 0 aliphatic heterocycles. The van der Waals surface area contributed by atoms with E-state index in [1.165, 1.54) is 11.1 Å². The first-order valence-electron chi connectivity index (χ1n) is 8.24. The molecule has 2 N–H and O–H groups in total. The number of aromatic nitrogens is 1. The van der Waals surface area contributed by atoms with Crippen molar-refractivity contribution >= 4 is 17.3 Å². The van der Waals surface area contributed by atoms with E-state index in [0.717, 1.165) is 23.5 Å². The number of nitrogens with zero attached hydrogens (tertiary/aromatic N) is 1. The summed E-state index contributed by atoms with van der Waals surface area (Å²) in [5.74, 6) is -0.210. The molecule has 1 amide bonds. The van der Waals surface area contributed by atoms with Crippen molar-refractivity contribution in [3.8, 4) is 0 Å². The topological polar surface area (TPSA) is 54.0 Å². The lowest BCUT2D eigenvalue weighted by molar-refractivity contribution is 0.102. The van der Waals surface area contributed by atoms with E-state index in [1.54, 1.807) is 12.3 Å². The van der Waals surface area contributed by atoms with Gasteiger partial charge in [0, 0.05) is 12.2 Å². The van der Waals surface area contributed by atoms with Crippen LogP contribution in [0, 0.1) is 13.8 Å². The van der Waals surface area contributed by atoms with Gasteiger partial charge in [0.1, 0.15) is 5.69 Å². The standard InChI is InChI=1S/C21H21N3O/c1-15-8-9-18(12-16(15)2)24-21(25)20-11-10-19(14-23-20)22-13-17-6-4-3-5-7-17/h3-12,14,22H,13H2,1-2H3,(H,24,25). The molecular formula is C21H21N3O. The zero-order chi connectivity index (χ0) is 17.6. The van der Waals surface area contributed by atoms with Crippen LogP contribution < -0.4 is 10.6 Å². The Hall–Kier alpha value is -3.14. The quantitative estimate of drug-likeness (QED) is 0.720. The molecule has 3 rings (SSSR count). The van der Waals surface area contributed by atoms with Crippen molar-refractivity contribution in [1.29, 1.82) is 0 Å². The van der Waals surface area contributed by atoms with Gasteiger partial charge in [0.25, 0.3) is 5.91 Å². The maximum Gasteiger partial charge on any atom is 0.274 e. The first-order chi connectivity index (χ1) is 12.1. The fraction of sp³-hybridized carbons (Fsp3) is 0.143. The lowest BCUT2D eigenvalue weighted by atomic mass is 10.1. The summed E-state index contributed by atoms with van der Waals surface area (Å²) in [4.78, 5) is 16.6. The first kappa shape index (κ1) is 16.7. The van der Waals surface area contributed by atoms with Crippen LogP contribution in [0.15, 0.2) is 66.9 Å². The number of anilines is 2. The Morgan fingerprint density at radius 1 is 0.920 bits per heavy atom. The van der Waals surface area contributed by atoms with Crippen molar-refractivity contribution in [2.75, 3.05) is 10.6 Å². The molecule has 1 heterocycles. The van der Waals surface area contributed by atoms with Crippen molar-refractivity contribution in [3.63, 3.8) is 0 Å². The van der Waals surface area contributed by atoms with Gasteiger partial charge < -0.3 is 10.6 Å². The van der Waals surface area contributed by atoms with Crippen molar-refractivity contribution in [3.05, 3.63) is 89.2 Å². The molecule has 0 fully saturated rings. The van der Waals surface area contributed by atoms with Crippen molar-refractivity contribution in [1.82, 2.24) is 4.98 Å². The van der Waals surface area contributed by atoms with E-state index >= 15 is 0 Å². The van der Waals surface area contributed by atoms with E-state index in [1.807, 2.05) is 56.3 Å². The summed E-state index contributed by atoms with van der Waals surface area (Å²) in [7, 11) is 0. The molecule has 0 radical (unpaired) electrons. The van der Waals surface area contributed by atoms with Crippen LogP contribution in [-0.4, -0.2) is 10.9 Å². The van der Waals surface area contributed by atoms with Crippen molar-refractivity contribution < 1.29 is 4.79 Å². The van der Waals surface area contributed by atoms with Gasteiger partial charge in [-0.3, -0.25) is 4.79 Å². The highest BCUT2D eigenvalue weighted by molar-refractivity contribution is 6.03. The monoisotopic (exact) mass is 331 g/mol. The minimum Gasteiger partial charge on any atom is -0.380 e. The van der Waals surface area contributed by atoms with Gasteiger partial charge in [-0.1, -0.05) is 36.4 Å². The van der Waals surface area contributed by atoms with Crippen LogP contribution in [0.3, 0.4) is 0 Å². The van der Waals surface area contributed by atoms with Crippen LogP contribution in [0.4, 0.5) is 11.4 Å². The lowest BCUT2D eigenvalue weighted by Crippen LogP contribution is -2.14. The van der Waals surface area contributed by atoms with Crippen LogP contribution in [-0.2, 0) is 6.54 Å². The molecule has 0 saturated carbocycles. The molecule has 0 saturated heterocycles. The molecule has 0 aliphatic carbocycles. The maximum atomic E-state index is 12.3. The summed E-state index contributed by atoms with van der Waals surface area (Å²) in [5, 5.41) is 6.18. The van der Waals surface area contributed by atoms with E-state index in [9.17, 15) is 4.79 Å². The second kappa shape index (κ2) is 7.62. The number of hydrogen-bond acceptors (Lipinski definition) is 3. The van der Waals surface area contributed by atoms with Gasteiger partial charge in [-0.25, -0.2) is 4.98 Å². The van der Waals surface area contributed by atoms with Gasteiger partial charge in [0.2, 0.25) is 0 Å². The smallest absolute Gasteiger partial charge is 0.274 e. The Labute approximate surface area is 147 Å². The second-order valence-electron chi connectivity index (χ2n) is 6.02. The molecule has 2 aromatic carbocycles. The lowest BCUT2D eigenvalue weighted by Gasteiger charge is -2.09. The van der Waals surface area contributed by atoms with Crippen LogP contribution in [0.25, 0.3) is 0 Å². The maximum absolute atomic E-state index is 12.3. The summed E-state index contributed by atoms with van der Waals surface area (Å²) in [5.41, 5.74) is 5.59. The number of hydrogen-bond donors (Lipinski definition) is 2. The number of carbonyl (C=O) groups is 1. The third-order valence-electron chi connectivity index (χ3n) is 4.10. The molecular weight excluding hydrogens is 310 g/mol. The van der Waals surface area contributed by atoms with Gasteiger partial charge in [0.15, 0.2) is 0 Å².